The Balaban J connectivity index is 2.08. The lowest BCUT2D eigenvalue weighted by molar-refractivity contribution is -0.122. The molecule has 20 heavy (non-hydrogen) atoms. The minimum Gasteiger partial charge on any atom is -0.299 e. The van der Waals surface area contributed by atoms with Crippen LogP contribution in [0.15, 0.2) is 30.3 Å². The molecule has 2 rings (SSSR count). The summed E-state index contributed by atoms with van der Waals surface area (Å²) in [5.74, 6) is 1.65. The van der Waals surface area contributed by atoms with Gasteiger partial charge in [-0.05, 0) is 17.4 Å². The van der Waals surface area contributed by atoms with E-state index in [2.05, 4.69) is 38.1 Å². The number of Topliss-reactive ketones (excluding diaryl/α,β-unsaturated/α-hetero) is 1. The first-order chi connectivity index (χ1) is 9.72. The molecule has 1 saturated carbocycles. The molecule has 0 aliphatic heterocycles. The first kappa shape index (κ1) is 15.3. The van der Waals surface area contributed by atoms with Crippen molar-refractivity contribution in [1.82, 2.24) is 0 Å². The van der Waals surface area contributed by atoms with Crippen molar-refractivity contribution < 1.29 is 4.79 Å². The zero-order chi connectivity index (χ0) is 14.4. The molecule has 0 spiro atoms. The Morgan fingerprint density at radius 1 is 1.15 bits per heavy atom. The maximum absolute atomic E-state index is 12.8. The summed E-state index contributed by atoms with van der Waals surface area (Å²) in [5, 5.41) is 0. The van der Waals surface area contributed by atoms with Crippen molar-refractivity contribution in [1.29, 1.82) is 0 Å². The fraction of sp³-hybridized carbons (Fsp3) is 0.632. The summed E-state index contributed by atoms with van der Waals surface area (Å²) < 4.78 is 0. The van der Waals surface area contributed by atoms with Gasteiger partial charge in [-0.3, -0.25) is 4.79 Å². The summed E-state index contributed by atoms with van der Waals surface area (Å²) in [7, 11) is 0. The van der Waals surface area contributed by atoms with E-state index in [1.165, 1.54) is 37.7 Å². The van der Waals surface area contributed by atoms with Crippen LogP contribution in [0.2, 0.25) is 0 Å². The van der Waals surface area contributed by atoms with Gasteiger partial charge in [-0.25, -0.2) is 0 Å². The van der Waals surface area contributed by atoms with Gasteiger partial charge in [-0.2, -0.15) is 0 Å². The van der Waals surface area contributed by atoms with E-state index < -0.39 is 0 Å². The number of hydrogen-bond donors (Lipinski definition) is 0. The van der Waals surface area contributed by atoms with E-state index in [0.717, 1.165) is 12.8 Å². The molecular weight excluding hydrogens is 244 g/mol. The minimum absolute atomic E-state index is 0.100. The molecule has 2 atom stereocenters. The SMILES string of the molecule is CCC(C)C(C(=O)CC1CCCCC1)c1ccccc1. The van der Waals surface area contributed by atoms with Crippen LogP contribution in [0, 0.1) is 11.8 Å². The first-order valence-corrected chi connectivity index (χ1v) is 8.30. The van der Waals surface area contributed by atoms with Crippen molar-refractivity contribution in [2.75, 3.05) is 0 Å². The number of carbonyl (C=O) groups is 1. The molecule has 1 aromatic carbocycles. The molecule has 0 radical (unpaired) electrons. The number of ketones is 1. The Labute approximate surface area is 123 Å². The van der Waals surface area contributed by atoms with Gasteiger partial charge in [0.25, 0.3) is 0 Å². The summed E-state index contributed by atoms with van der Waals surface area (Å²) in [6.07, 6.45) is 8.37. The number of carbonyl (C=O) groups excluding carboxylic acids is 1. The van der Waals surface area contributed by atoms with E-state index in [9.17, 15) is 4.79 Å². The number of rotatable bonds is 6. The second-order valence-electron chi connectivity index (χ2n) is 6.45. The lowest BCUT2D eigenvalue weighted by atomic mass is 9.77. The monoisotopic (exact) mass is 272 g/mol. The average Bonchev–Trinajstić information content (AvgIpc) is 2.49. The van der Waals surface area contributed by atoms with Crippen LogP contribution in [0.1, 0.15) is 70.3 Å². The van der Waals surface area contributed by atoms with Crippen molar-refractivity contribution in [2.24, 2.45) is 11.8 Å². The van der Waals surface area contributed by atoms with Crippen molar-refractivity contribution in [3.63, 3.8) is 0 Å². The second-order valence-corrected chi connectivity index (χ2v) is 6.45. The average molecular weight is 272 g/mol. The molecule has 0 heterocycles. The van der Waals surface area contributed by atoms with Gasteiger partial charge in [0.1, 0.15) is 5.78 Å². The largest absolute Gasteiger partial charge is 0.299 e. The molecule has 0 saturated heterocycles. The predicted molar refractivity (Wildman–Crippen MR) is 84.8 cm³/mol. The van der Waals surface area contributed by atoms with Crippen LogP contribution in [-0.4, -0.2) is 5.78 Å². The molecule has 1 nitrogen and oxygen atoms in total. The maximum Gasteiger partial charge on any atom is 0.140 e. The Kier molecular flexibility index (Phi) is 5.82. The van der Waals surface area contributed by atoms with E-state index in [1.54, 1.807) is 0 Å². The van der Waals surface area contributed by atoms with E-state index in [-0.39, 0.29) is 5.92 Å². The van der Waals surface area contributed by atoms with Gasteiger partial charge in [0.15, 0.2) is 0 Å². The quantitative estimate of drug-likeness (QED) is 0.681. The van der Waals surface area contributed by atoms with E-state index >= 15 is 0 Å². The molecule has 1 heteroatoms. The maximum atomic E-state index is 12.8. The van der Waals surface area contributed by atoms with Crippen LogP contribution < -0.4 is 0 Å². The lowest BCUT2D eigenvalue weighted by Crippen LogP contribution is -2.23. The molecule has 0 bridgehead atoms. The van der Waals surface area contributed by atoms with Gasteiger partial charge in [0.2, 0.25) is 0 Å². The standard InChI is InChI=1S/C19H28O/c1-3-15(2)19(17-12-8-5-9-13-17)18(20)14-16-10-6-4-7-11-16/h5,8-9,12-13,15-16,19H,3-4,6-7,10-11,14H2,1-2H3. The molecule has 110 valence electrons. The van der Waals surface area contributed by atoms with E-state index in [1.807, 2.05) is 6.07 Å². The van der Waals surface area contributed by atoms with Gasteiger partial charge >= 0.3 is 0 Å². The Bertz CT molecular complexity index is 403. The van der Waals surface area contributed by atoms with Gasteiger partial charge in [0, 0.05) is 12.3 Å². The van der Waals surface area contributed by atoms with Crippen LogP contribution >= 0.6 is 0 Å². The highest BCUT2D eigenvalue weighted by Gasteiger charge is 2.28. The fourth-order valence-corrected chi connectivity index (χ4v) is 3.53. The second kappa shape index (κ2) is 7.61. The number of hydrogen-bond acceptors (Lipinski definition) is 1. The molecule has 1 fully saturated rings. The zero-order valence-electron chi connectivity index (χ0n) is 13.0. The summed E-state index contributed by atoms with van der Waals surface area (Å²) in [6, 6.07) is 10.4. The van der Waals surface area contributed by atoms with Crippen LogP contribution in [0.5, 0.6) is 0 Å². The molecule has 1 aromatic rings. The fourth-order valence-electron chi connectivity index (χ4n) is 3.53. The van der Waals surface area contributed by atoms with Gasteiger partial charge in [-0.1, -0.05) is 82.7 Å². The molecule has 1 aliphatic rings. The third-order valence-corrected chi connectivity index (χ3v) is 4.93. The normalized spacial score (nSPS) is 19.5. The molecule has 1 aliphatic carbocycles. The topological polar surface area (TPSA) is 17.1 Å². The van der Waals surface area contributed by atoms with Gasteiger partial charge < -0.3 is 0 Å². The third kappa shape index (κ3) is 3.94. The predicted octanol–water partition coefficient (Wildman–Crippen LogP) is 5.36. The van der Waals surface area contributed by atoms with Crippen molar-refractivity contribution in [3.05, 3.63) is 35.9 Å². The Morgan fingerprint density at radius 3 is 2.40 bits per heavy atom. The molecular formula is C19H28O. The molecule has 0 amide bonds. The summed E-state index contributed by atoms with van der Waals surface area (Å²) in [4.78, 5) is 12.8. The van der Waals surface area contributed by atoms with Crippen LogP contribution in [0.4, 0.5) is 0 Å². The van der Waals surface area contributed by atoms with Crippen molar-refractivity contribution in [2.45, 2.75) is 64.7 Å². The van der Waals surface area contributed by atoms with Gasteiger partial charge in [-0.15, -0.1) is 0 Å². The molecule has 0 N–H and O–H groups in total. The van der Waals surface area contributed by atoms with E-state index in [0.29, 0.717) is 17.6 Å². The smallest absolute Gasteiger partial charge is 0.140 e. The first-order valence-electron chi connectivity index (χ1n) is 8.30. The van der Waals surface area contributed by atoms with Crippen molar-refractivity contribution in [3.8, 4) is 0 Å². The Morgan fingerprint density at radius 2 is 1.80 bits per heavy atom. The third-order valence-electron chi connectivity index (χ3n) is 4.93. The summed E-state index contributed by atoms with van der Waals surface area (Å²) >= 11 is 0. The number of benzene rings is 1. The van der Waals surface area contributed by atoms with Crippen molar-refractivity contribution >= 4 is 5.78 Å². The minimum atomic E-state index is 0.100. The van der Waals surface area contributed by atoms with E-state index in [4.69, 9.17) is 0 Å². The van der Waals surface area contributed by atoms with Crippen LogP contribution in [-0.2, 0) is 4.79 Å². The van der Waals surface area contributed by atoms with Gasteiger partial charge in [0.05, 0.1) is 0 Å². The zero-order valence-corrected chi connectivity index (χ0v) is 13.0. The highest BCUT2D eigenvalue weighted by Crippen LogP contribution is 2.33. The van der Waals surface area contributed by atoms with Crippen LogP contribution in [0.25, 0.3) is 0 Å². The summed E-state index contributed by atoms with van der Waals surface area (Å²) in [5.41, 5.74) is 1.21. The highest BCUT2D eigenvalue weighted by molar-refractivity contribution is 5.86. The molecule has 0 aromatic heterocycles. The lowest BCUT2D eigenvalue weighted by Gasteiger charge is -2.26. The molecule has 2 unspecified atom stereocenters. The Hall–Kier alpha value is -1.11. The van der Waals surface area contributed by atoms with Crippen LogP contribution in [0.3, 0.4) is 0 Å². The summed E-state index contributed by atoms with van der Waals surface area (Å²) in [6.45, 7) is 4.41. The highest BCUT2D eigenvalue weighted by atomic mass is 16.1.